The molecule has 2 aromatic carbocycles. The van der Waals surface area contributed by atoms with Crippen LogP contribution in [0.2, 0.25) is 5.02 Å². The van der Waals surface area contributed by atoms with Gasteiger partial charge in [0.1, 0.15) is 5.82 Å². The second kappa shape index (κ2) is 11.1. The van der Waals surface area contributed by atoms with Crippen LogP contribution in [-0.4, -0.2) is 40.3 Å². The zero-order valence-electron chi connectivity index (χ0n) is 17.8. The van der Waals surface area contributed by atoms with E-state index >= 15 is 0 Å². The Balaban J connectivity index is 0.000000184. The molecule has 5 heteroatoms. The number of imidazole rings is 1. The number of carbonyl (C=O) groups is 1. The Morgan fingerprint density at radius 1 is 1.10 bits per heavy atom. The molecule has 4 rings (SSSR count). The summed E-state index contributed by atoms with van der Waals surface area (Å²) in [5, 5.41) is 0.685. The number of benzene rings is 2. The van der Waals surface area contributed by atoms with Crippen molar-refractivity contribution in [2.24, 2.45) is 5.92 Å². The molecule has 1 N–H and O–H groups in total. The van der Waals surface area contributed by atoms with E-state index in [1.54, 1.807) is 12.1 Å². The van der Waals surface area contributed by atoms with Crippen LogP contribution in [0, 0.1) is 12.8 Å². The Morgan fingerprint density at radius 3 is 2.33 bits per heavy atom. The molecule has 0 amide bonds. The number of hydrogen-bond acceptors (Lipinski definition) is 3. The first-order chi connectivity index (χ1) is 14.6. The molecular formula is C25H30ClN3O. The van der Waals surface area contributed by atoms with Gasteiger partial charge in [-0.25, -0.2) is 4.98 Å². The second-order valence-corrected chi connectivity index (χ2v) is 8.20. The van der Waals surface area contributed by atoms with Crippen molar-refractivity contribution in [3.05, 3.63) is 77.1 Å². The van der Waals surface area contributed by atoms with E-state index in [-0.39, 0.29) is 11.7 Å². The summed E-state index contributed by atoms with van der Waals surface area (Å²) in [7, 11) is 0. The van der Waals surface area contributed by atoms with Gasteiger partial charge in [-0.2, -0.15) is 0 Å². The predicted molar refractivity (Wildman–Crippen MR) is 124 cm³/mol. The Hall–Kier alpha value is -2.43. The number of H-pyrrole nitrogens is 1. The van der Waals surface area contributed by atoms with Gasteiger partial charge < -0.3 is 9.88 Å². The molecule has 0 spiro atoms. The van der Waals surface area contributed by atoms with Crippen molar-refractivity contribution in [2.75, 3.05) is 19.6 Å². The Labute approximate surface area is 184 Å². The fourth-order valence-corrected chi connectivity index (χ4v) is 3.87. The van der Waals surface area contributed by atoms with E-state index in [2.05, 4.69) is 21.8 Å². The number of aromatic nitrogens is 2. The molecule has 0 atom stereocenters. The number of carbonyl (C=O) groups excluding carboxylic acids is 1. The quantitative estimate of drug-likeness (QED) is 0.509. The number of ketones is 1. The van der Waals surface area contributed by atoms with Crippen LogP contribution < -0.4 is 0 Å². The number of nitrogens with one attached hydrogen (secondary N) is 1. The van der Waals surface area contributed by atoms with Gasteiger partial charge in [0.15, 0.2) is 5.78 Å². The van der Waals surface area contributed by atoms with Crippen LogP contribution in [0.3, 0.4) is 0 Å². The Bertz CT molecular complexity index is 913. The zero-order valence-corrected chi connectivity index (χ0v) is 18.5. The van der Waals surface area contributed by atoms with Crippen LogP contribution in [0.5, 0.6) is 0 Å². The molecule has 0 aliphatic carbocycles. The molecule has 0 unspecified atom stereocenters. The highest BCUT2D eigenvalue weighted by atomic mass is 35.5. The standard InChI is InChI=1S/C15H20ClNO.C10H10N2/c1-2-9-17-10-7-13(8-11-17)15(18)12-3-5-14(16)6-4-12;1-8-7-11-10(12-8)9-5-3-2-4-6-9/h3-6,13H,2,7-11H2,1H3;2-7H,1H3,(H,11,12). The molecule has 3 aromatic rings. The lowest BCUT2D eigenvalue weighted by molar-refractivity contribution is 0.0840. The van der Waals surface area contributed by atoms with E-state index in [0.717, 1.165) is 55.1 Å². The number of nitrogens with zero attached hydrogens (tertiary/aromatic N) is 2. The number of aryl methyl sites for hydroxylation is 1. The fourth-order valence-electron chi connectivity index (χ4n) is 3.74. The molecular weight excluding hydrogens is 394 g/mol. The third kappa shape index (κ3) is 6.28. The smallest absolute Gasteiger partial charge is 0.166 e. The number of halogens is 1. The van der Waals surface area contributed by atoms with E-state index in [0.29, 0.717) is 5.02 Å². The van der Waals surface area contributed by atoms with Crippen LogP contribution in [0.1, 0.15) is 42.2 Å². The lowest BCUT2D eigenvalue weighted by Gasteiger charge is -2.30. The molecule has 0 radical (unpaired) electrons. The molecule has 2 heterocycles. The highest BCUT2D eigenvalue weighted by Gasteiger charge is 2.25. The summed E-state index contributed by atoms with van der Waals surface area (Å²) in [6, 6.07) is 17.4. The molecule has 1 aliphatic rings. The normalized spacial score (nSPS) is 14.8. The molecule has 158 valence electrons. The van der Waals surface area contributed by atoms with Crippen molar-refractivity contribution < 1.29 is 4.79 Å². The van der Waals surface area contributed by atoms with Crippen molar-refractivity contribution >= 4 is 17.4 Å². The number of rotatable bonds is 5. The largest absolute Gasteiger partial charge is 0.342 e. The topological polar surface area (TPSA) is 49.0 Å². The first-order valence-corrected chi connectivity index (χ1v) is 11.0. The van der Waals surface area contributed by atoms with Crippen LogP contribution >= 0.6 is 11.6 Å². The van der Waals surface area contributed by atoms with E-state index in [4.69, 9.17) is 11.6 Å². The summed E-state index contributed by atoms with van der Waals surface area (Å²) in [4.78, 5) is 22.2. The minimum atomic E-state index is 0.194. The van der Waals surface area contributed by atoms with Crippen molar-refractivity contribution in [1.29, 1.82) is 0 Å². The first-order valence-electron chi connectivity index (χ1n) is 10.7. The van der Waals surface area contributed by atoms with Gasteiger partial charge in [0, 0.05) is 34.0 Å². The molecule has 4 nitrogen and oxygen atoms in total. The maximum atomic E-state index is 12.3. The lowest BCUT2D eigenvalue weighted by Crippen LogP contribution is -2.36. The number of likely N-dealkylation sites (tertiary alicyclic amines) is 1. The average molecular weight is 424 g/mol. The van der Waals surface area contributed by atoms with E-state index in [9.17, 15) is 4.79 Å². The van der Waals surface area contributed by atoms with Crippen LogP contribution in [0.25, 0.3) is 11.4 Å². The Kier molecular flexibility index (Phi) is 8.23. The third-order valence-electron chi connectivity index (χ3n) is 5.38. The summed E-state index contributed by atoms with van der Waals surface area (Å²) in [5.74, 6) is 1.41. The lowest BCUT2D eigenvalue weighted by atomic mass is 9.89. The van der Waals surface area contributed by atoms with Gasteiger partial charge in [0.05, 0.1) is 0 Å². The number of hydrogen-bond donors (Lipinski definition) is 1. The van der Waals surface area contributed by atoms with Gasteiger partial charge in [0.2, 0.25) is 0 Å². The SMILES string of the molecule is CCCN1CCC(C(=O)c2ccc(Cl)cc2)CC1.Cc1cnc(-c2ccccc2)[nH]1. The fraction of sp³-hybridized carbons (Fsp3) is 0.360. The highest BCUT2D eigenvalue weighted by Crippen LogP contribution is 2.22. The third-order valence-corrected chi connectivity index (χ3v) is 5.63. The van der Waals surface area contributed by atoms with Gasteiger partial charge in [0.25, 0.3) is 0 Å². The summed E-state index contributed by atoms with van der Waals surface area (Å²) >= 11 is 5.84. The monoisotopic (exact) mass is 423 g/mol. The van der Waals surface area contributed by atoms with Crippen molar-refractivity contribution in [3.8, 4) is 11.4 Å². The number of piperidine rings is 1. The summed E-state index contributed by atoms with van der Waals surface area (Å²) in [6.45, 7) is 7.46. The summed E-state index contributed by atoms with van der Waals surface area (Å²) in [6.07, 6.45) is 5.00. The molecule has 1 aliphatic heterocycles. The highest BCUT2D eigenvalue weighted by molar-refractivity contribution is 6.30. The molecule has 1 fully saturated rings. The molecule has 0 saturated carbocycles. The minimum absolute atomic E-state index is 0.194. The van der Waals surface area contributed by atoms with Crippen LogP contribution in [0.4, 0.5) is 0 Å². The van der Waals surface area contributed by atoms with Crippen LogP contribution in [0.15, 0.2) is 60.8 Å². The van der Waals surface area contributed by atoms with Gasteiger partial charge in [-0.1, -0.05) is 48.9 Å². The zero-order chi connectivity index (χ0) is 21.3. The molecule has 0 bridgehead atoms. The minimum Gasteiger partial charge on any atom is -0.342 e. The maximum absolute atomic E-state index is 12.3. The maximum Gasteiger partial charge on any atom is 0.166 e. The Morgan fingerprint density at radius 2 is 1.77 bits per heavy atom. The molecule has 1 saturated heterocycles. The number of Topliss-reactive ketones (excluding diaryl/α,β-unsaturated/α-hetero) is 1. The van der Waals surface area contributed by atoms with Gasteiger partial charge in [-0.05, 0) is 70.1 Å². The predicted octanol–water partition coefficient (Wildman–Crippen LogP) is 6.03. The van der Waals surface area contributed by atoms with Crippen molar-refractivity contribution in [3.63, 3.8) is 0 Å². The van der Waals surface area contributed by atoms with E-state index in [1.165, 1.54) is 6.42 Å². The van der Waals surface area contributed by atoms with Gasteiger partial charge >= 0.3 is 0 Å². The molecule has 30 heavy (non-hydrogen) atoms. The first kappa shape index (κ1) is 22.3. The second-order valence-electron chi connectivity index (χ2n) is 7.77. The summed E-state index contributed by atoms with van der Waals surface area (Å²) in [5.41, 5.74) is 3.02. The van der Waals surface area contributed by atoms with Crippen molar-refractivity contribution in [2.45, 2.75) is 33.1 Å². The summed E-state index contributed by atoms with van der Waals surface area (Å²) < 4.78 is 0. The van der Waals surface area contributed by atoms with E-state index < -0.39 is 0 Å². The average Bonchev–Trinajstić information content (AvgIpc) is 3.22. The van der Waals surface area contributed by atoms with Gasteiger partial charge in [-0.15, -0.1) is 0 Å². The molecule has 1 aromatic heterocycles. The van der Waals surface area contributed by atoms with Crippen molar-refractivity contribution in [1.82, 2.24) is 14.9 Å². The van der Waals surface area contributed by atoms with E-state index in [1.807, 2.05) is 55.6 Å². The van der Waals surface area contributed by atoms with Crippen LogP contribution in [-0.2, 0) is 0 Å². The number of aromatic amines is 1. The van der Waals surface area contributed by atoms with Gasteiger partial charge in [-0.3, -0.25) is 4.79 Å².